The minimum Gasteiger partial charge on any atom is -0.507 e. The van der Waals surface area contributed by atoms with E-state index in [-0.39, 0.29) is 22.8 Å². The molecule has 0 atom stereocenters. The monoisotopic (exact) mass is 440 g/mol. The third-order valence-electron chi connectivity index (χ3n) is 5.20. The highest BCUT2D eigenvalue weighted by Gasteiger charge is 2.20. The van der Waals surface area contributed by atoms with Gasteiger partial charge in [0.15, 0.2) is 5.78 Å². The number of ketones is 1. The number of benzene rings is 1. The molecule has 1 rings (SSSR count). The van der Waals surface area contributed by atoms with E-state index in [0.29, 0.717) is 24.3 Å². The van der Waals surface area contributed by atoms with Crippen molar-refractivity contribution in [2.75, 3.05) is 6.61 Å². The van der Waals surface area contributed by atoms with Crippen molar-refractivity contribution in [1.82, 2.24) is 0 Å². The number of phenolic OH excluding ortho intramolecular Hbond substituents is 2. The highest BCUT2D eigenvalue weighted by atomic mass is 16.5. The Morgan fingerprint density at radius 3 is 1.88 bits per heavy atom. The van der Waals surface area contributed by atoms with Crippen LogP contribution in [-0.4, -0.2) is 22.6 Å². The average Bonchev–Trinajstić information content (AvgIpc) is 2.66. The van der Waals surface area contributed by atoms with E-state index in [1.54, 1.807) is 0 Å². The van der Waals surface area contributed by atoms with Crippen LogP contribution in [0.5, 0.6) is 17.2 Å². The number of carbonyl (C=O) groups excluding carboxylic acids is 1. The summed E-state index contributed by atoms with van der Waals surface area (Å²) in [6.45, 7) is 14.1. The first-order valence-electron chi connectivity index (χ1n) is 11.3. The largest absolute Gasteiger partial charge is 0.507 e. The molecule has 0 amide bonds. The van der Waals surface area contributed by atoms with Crippen molar-refractivity contribution in [2.45, 2.75) is 80.6 Å². The fourth-order valence-electron chi connectivity index (χ4n) is 3.28. The molecule has 0 spiro atoms. The van der Waals surface area contributed by atoms with Crippen LogP contribution in [0.4, 0.5) is 0 Å². The van der Waals surface area contributed by atoms with E-state index in [1.807, 2.05) is 12.2 Å². The number of aromatic hydroxyl groups is 2. The minimum atomic E-state index is -0.382. The van der Waals surface area contributed by atoms with Gasteiger partial charge in [0.1, 0.15) is 29.4 Å². The van der Waals surface area contributed by atoms with Gasteiger partial charge < -0.3 is 14.9 Å². The maximum absolute atomic E-state index is 11.9. The van der Waals surface area contributed by atoms with Crippen LogP contribution in [-0.2, 0) is 6.42 Å². The molecule has 0 heterocycles. The van der Waals surface area contributed by atoms with Gasteiger partial charge in [-0.25, -0.2) is 0 Å². The predicted molar refractivity (Wildman–Crippen MR) is 134 cm³/mol. The summed E-state index contributed by atoms with van der Waals surface area (Å²) in [5.74, 6) is -0.453. The average molecular weight is 441 g/mol. The van der Waals surface area contributed by atoms with Gasteiger partial charge in [0.05, 0.1) is 0 Å². The second-order valence-electron chi connectivity index (χ2n) is 8.91. The topological polar surface area (TPSA) is 66.8 Å². The first-order chi connectivity index (χ1) is 15.0. The van der Waals surface area contributed by atoms with Crippen LogP contribution >= 0.6 is 0 Å². The highest BCUT2D eigenvalue weighted by Crippen LogP contribution is 2.39. The Hall–Kier alpha value is -2.75. The summed E-state index contributed by atoms with van der Waals surface area (Å²) in [5.41, 5.74) is 5.47. The molecule has 1 aromatic carbocycles. The summed E-state index contributed by atoms with van der Waals surface area (Å²) in [6.07, 6.45) is 12.7. The Balaban J connectivity index is 3.06. The van der Waals surface area contributed by atoms with Crippen LogP contribution < -0.4 is 4.74 Å². The molecule has 4 nitrogen and oxygen atoms in total. The van der Waals surface area contributed by atoms with Gasteiger partial charge >= 0.3 is 0 Å². The van der Waals surface area contributed by atoms with Gasteiger partial charge in [-0.1, -0.05) is 40.5 Å². The van der Waals surface area contributed by atoms with E-state index in [4.69, 9.17) is 4.74 Å². The van der Waals surface area contributed by atoms with Gasteiger partial charge in [-0.05, 0) is 86.6 Å². The lowest BCUT2D eigenvalue weighted by atomic mass is 9.99. The summed E-state index contributed by atoms with van der Waals surface area (Å²) in [7, 11) is 0. The van der Waals surface area contributed by atoms with E-state index in [9.17, 15) is 15.0 Å². The molecule has 0 bridgehead atoms. The number of hydrogen-bond acceptors (Lipinski definition) is 4. The van der Waals surface area contributed by atoms with Gasteiger partial charge in [-0.15, -0.1) is 0 Å². The third-order valence-corrected chi connectivity index (χ3v) is 5.20. The zero-order chi connectivity index (χ0) is 24.3. The Morgan fingerprint density at radius 2 is 1.38 bits per heavy atom. The lowest BCUT2D eigenvalue weighted by Gasteiger charge is -2.15. The van der Waals surface area contributed by atoms with Crippen molar-refractivity contribution in [1.29, 1.82) is 0 Å². The first kappa shape index (κ1) is 27.3. The van der Waals surface area contributed by atoms with E-state index < -0.39 is 0 Å². The van der Waals surface area contributed by atoms with Crippen LogP contribution in [0.25, 0.3) is 0 Å². The van der Waals surface area contributed by atoms with Gasteiger partial charge in [-0.3, -0.25) is 4.79 Å². The quantitative estimate of drug-likeness (QED) is 0.259. The highest BCUT2D eigenvalue weighted by molar-refractivity contribution is 6.00. The standard InChI is InChI=1S/C28H40O4/c1-19(2)10-8-12-21(5)14-15-24-26(18-25(30)27(23(7)29)28(24)31)32-17-16-22(6)13-9-11-20(3)4/h10-11,14,16,18,30-31H,8-9,12-13,15,17H2,1-7H3/b21-14+,22-16+. The summed E-state index contributed by atoms with van der Waals surface area (Å²) >= 11 is 0. The Kier molecular flexibility index (Phi) is 11.6. The number of rotatable bonds is 12. The van der Waals surface area contributed by atoms with Crippen molar-refractivity contribution in [3.63, 3.8) is 0 Å². The van der Waals surface area contributed by atoms with E-state index in [0.717, 1.165) is 25.7 Å². The molecule has 2 N–H and O–H groups in total. The molecule has 0 aliphatic rings. The molecule has 4 heteroatoms. The lowest BCUT2D eigenvalue weighted by molar-refractivity contribution is 0.101. The molecule has 32 heavy (non-hydrogen) atoms. The van der Waals surface area contributed by atoms with Crippen molar-refractivity contribution in [3.05, 3.63) is 63.8 Å². The lowest BCUT2D eigenvalue weighted by Crippen LogP contribution is -2.03. The predicted octanol–water partition coefficient (Wildman–Crippen LogP) is 7.61. The van der Waals surface area contributed by atoms with Crippen LogP contribution in [0.15, 0.2) is 52.7 Å². The van der Waals surface area contributed by atoms with E-state index in [1.165, 1.54) is 35.3 Å². The van der Waals surface area contributed by atoms with Crippen LogP contribution in [0.1, 0.15) is 90.1 Å². The summed E-state index contributed by atoms with van der Waals surface area (Å²) < 4.78 is 5.91. The maximum atomic E-state index is 11.9. The Morgan fingerprint density at radius 1 is 0.844 bits per heavy atom. The van der Waals surface area contributed by atoms with Gasteiger partial charge in [0.25, 0.3) is 0 Å². The Labute approximate surface area is 194 Å². The molecule has 0 radical (unpaired) electrons. The summed E-state index contributed by atoms with van der Waals surface area (Å²) in [6, 6.07) is 1.44. The second kappa shape index (κ2) is 13.6. The zero-order valence-electron chi connectivity index (χ0n) is 20.8. The molecule has 176 valence electrons. The van der Waals surface area contributed by atoms with Gasteiger partial charge in [0, 0.05) is 11.6 Å². The summed E-state index contributed by atoms with van der Waals surface area (Å²) in [5, 5.41) is 21.0. The number of carbonyl (C=O) groups is 1. The van der Waals surface area contributed by atoms with Crippen LogP contribution in [0.3, 0.4) is 0 Å². The molecule has 0 aliphatic heterocycles. The number of ether oxygens (including phenoxy) is 1. The fourth-order valence-corrected chi connectivity index (χ4v) is 3.28. The number of phenols is 2. The van der Waals surface area contributed by atoms with Gasteiger partial charge in [-0.2, -0.15) is 0 Å². The maximum Gasteiger partial charge on any atom is 0.167 e. The third kappa shape index (κ3) is 9.59. The van der Waals surface area contributed by atoms with Crippen LogP contribution in [0.2, 0.25) is 0 Å². The molecular formula is C28H40O4. The molecule has 0 unspecified atom stereocenters. The van der Waals surface area contributed by atoms with Crippen molar-refractivity contribution >= 4 is 5.78 Å². The normalized spacial score (nSPS) is 11.8. The van der Waals surface area contributed by atoms with Crippen molar-refractivity contribution in [2.24, 2.45) is 0 Å². The number of hydrogen-bond donors (Lipinski definition) is 2. The van der Waals surface area contributed by atoms with Crippen molar-refractivity contribution < 1.29 is 19.7 Å². The molecule has 0 saturated heterocycles. The molecule has 0 fully saturated rings. The molecular weight excluding hydrogens is 400 g/mol. The Bertz CT molecular complexity index is 906. The summed E-state index contributed by atoms with van der Waals surface area (Å²) in [4.78, 5) is 11.9. The van der Waals surface area contributed by atoms with E-state index >= 15 is 0 Å². The van der Waals surface area contributed by atoms with Crippen molar-refractivity contribution in [3.8, 4) is 17.2 Å². The molecule has 0 aromatic heterocycles. The first-order valence-corrected chi connectivity index (χ1v) is 11.3. The molecule has 0 saturated carbocycles. The smallest absolute Gasteiger partial charge is 0.167 e. The SMILES string of the molecule is CC(=O)c1c(O)cc(OC/C=C(\C)CCC=C(C)C)c(C/C=C(\C)CCC=C(C)C)c1O. The molecule has 0 aliphatic carbocycles. The fraction of sp³-hybridized carbons (Fsp3) is 0.464. The van der Waals surface area contributed by atoms with Gasteiger partial charge in [0.2, 0.25) is 0 Å². The number of Topliss-reactive ketones (excluding diaryl/α,β-unsaturated/α-hetero) is 1. The van der Waals surface area contributed by atoms with Crippen LogP contribution in [0, 0.1) is 0 Å². The molecule has 1 aromatic rings. The zero-order valence-corrected chi connectivity index (χ0v) is 20.8. The second-order valence-corrected chi connectivity index (χ2v) is 8.91. The van der Waals surface area contributed by atoms with E-state index in [2.05, 4.69) is 53.7 Å². The number of allylic oxidation sites excluding steroid dienone is 7. The minimum absolute atomic E-state index is 0.0589.